The highest BCUT2D eigenvalue weighted by Gasteiger charge is 2.14. The van der Waals surface area contributed by atoms with E-state index in [1.54, 1.807) is 42.5 Å². The second-order valence-corrected chi connectivity index (χ2v) is 3.50. The van der Waals surface area contributed by atoms with Gasteiger partial charge in [0, 0.05) is 11.6 Å². The summed E-state index contributed by atoms with van der Waals surface area (Å²) in [7, 11) is 0. The summed E-state index contributed by atoms with van der Waals surface area (Å²) in [4.78, 5) is 10.3. The first-order valence-corrected chi connectivity index (χ1v) is 5.18. The molecular formula is C14H9NO3. The van der Waals surface area contributed by atoms with Gasteiger partial charge in [-0.05, 0) is 24.3 Å². The fourth-order valence-electron chi connectivity index (χ4n) is 1.47. The van der Waals surface area contributed by atoms with Crippen molar-refractivity contribution in [3.8, 4) is 23.8 Å². The van der Waals surface area contributed by atoms with Gasteiger partial charge in [0.25, 0.3) is 0 Å². The molecule has 0 N–H and O–H groups in total. The molecule has 4 heteroatoms. The number of hydrogen-bond acceptors (Lipinski definition) is 3. The molecule has 0 fully saturated rings. The van der Waals surface area contributed by atoms with E-state index < -0.39 is 4.92 Å². The Morgan fingerprint density at radius 3 is 2.67 bits per heavy atom. The summed E-state index contributed by atoms with van der Waals surface area (Å²) in [6.07, 6.45) is 5.28. The predicted octanol–water partition coefficient (Wildman–Crippen LogP) is 3.37. The van der Waals surface area contributed by atoms with Gasteiger partial charge in [0.15, 0.2) is 0 Å². The zero-order chi connectivity index (χ0) is 13.0. The number of benzene rings is 2. The molecule has 0 aliphatic rings. The fraction of sp³-hybridized carbons (Fsp3) is 0. The molecule has 0 aliphatic heterocycles. The fourth-order valence-corrected chi connectivity index (χ4v) is 1.47. The van der Waals surface area contributed by atoms with Crippen LogP contribution in [0.3, 0.4) is 0 Å². The molecule has 0 atom stereocenters. The Morgan fingerprint density at radius 1 is 1.17 bits per heavy atom. The van der Waals surface area contributed by atoms with Crippen molar-refractivity contribution in [2.45, 2.75) is 0 Å². The molecule has 2 aromatic rings. The van der Waals surface area contributed by atoms with Gasteiger partial charge in [0.2, 0.25) is 5.75 Å². The van der Waals surface area contributed by atoms with Gasteiger partial charge < -0.3 is 4.74 Å². The predicted molar refractivity (Wildman–Crippen MR) is 67.5 cm³/mol. The lowest BCUT2D eigenvalue weighted by Gasteiger charge is -2.06. The number of terminal acetylenes is 1. The van der Waals surface area contributed by atoms with Crippen LogP contribution in [0.25, 0.3) is 0 Å². The van der Waals surface area contributed by atoms with E-state index >= 15 is 0 Å². The monoisotopic (exact) mass is 239 g/mol. The highest BCUT2D eigenvalue weighted by atomic mass is 16.6. The van der Waals surface area contributed by atoms with Crippen molar-refractivity contribution in [2.75, 3.05) is 0 Å². The number of hydrogen-bond donors (Lipinski definition) is 0. The number of ether oxygens (including phenoxy) is 1. The number of nitro benzene ring substituents is 1. The number of rotatable bonds is 3. The number of nitro groups is 1. The van der Waals surface area contributed by atoms with Gasteiger partial charge in [-0.2, -0.15) is 0 Å². The third-order valence-corrected chi connectivity index (χ3v) is 2.29. The maximum Gasteiger partial charge on any atom is 0.311 e. The SMILES string of the molecule is C#Cc1cccc(Oc2ccccc2[N+](=O)[O-])c1. The first-order chi connectivity index (χ1) is 8.70. The summed E-state index contributed by atoms with van der Waals surface area (Å²) < 4.78 is 5.48. The molecular weight excluding hydrogens is 230 g/mol. The Balaban J connectivity index is 2.34. The number of para-hydroxylation sites is 2. The van der Waals surface area contributed by atoms with E-state index in [0.29, 0.717) is 11.3 Å². The minimum absolute atomic E-state index is 0.0800. The minimum Gasteiger partial charge on any atom is -0.450 e. The van der Waals surface area contributed by atoms with Crippen LogP contribution in [0, 0.1) is 22.5 Å². The molecule has 0 aromatic heterocycles. The van der Waals surface area contributed by atoms with Gasteiger partial charge in [-0.1, -0.05) is 24.1 Å². The maximum absolute atomic E-state index is 10.8. The van der Waals surface area contributed by atoms with Gasteiger partial charge in [-0.3, -0.25) is 10.1 Å². The Labute approximate surface area is 104 Å². The van der Waals surface area contributed by atoms with Crippen molar-refractivity contribution in [3.05, 3.63) is 64.2 Å². The maximum atomic E-state index is 10.8. The van der Waals surface area contributed by atoms with Crippen molar-refractivity contribution in [1.29, 1.82) is 0 Å². The molecule has 0 saturated carbocycles. The lowest BCUT2D eigenvalue weighted by molar-refractivity contribution is -0.385. The Kier molecular flexibility index (Phi) is 3.26. The van der Waals surface area contributed by atoms with Crippen LogP contribution in [-0.4, -0.2) is 4.92 Å². The normalized spacial score (nSPS) is 9.50. The van der Waals surface area contributed by atoms with Crippen LogP contribution in [0.4, 0.5) is 5.69 Å². The smallest absolute Gasteiger partial charge is 0.311 e. The summed E-state index contributed by atoms with van der Waals surface area (Å²) in [5, 5.41) is 10.8. The molecule has 0 bridgehead atoms. The topological polar surface area (TPSA) is 52.4 Å². The lowest BCUT2D eigenvalue weighted by Crippen LogP contribution is -1.93. The summed E-state index contributed by atoms with van der Waals surface area (Å²) in [6, 6.07) is 13.0. The molecule has 0 heterocycles. The van der Waals surface area contributed by atoms with Crippen LogP contribution >= 0.6 is 0 Å². The lowest BCUT2D eigenvalue weighted by atomic mass is 10.2. The molecule has 0 spiro atoms. The molecule has 0 radical (unpaired) electrons. The van der Waals surface area contributed by atoms with Gasteiger partial charge in [-0.25, -0.2) is 0 Å². The van der Waals surface area contributed by atoms with E-state index in [-0.39, 0.29) is 11.4 Å². The van der Waals surface area contributed by atoms with Crippen LogP contribution in [0.1, 0.15) is 5.56 Å². The summed E-state index contributed by atoms with van der Waals surface area (Å²) in [6.45, 7) is 0. The van der Waals surface area contributed by atoms with E-state index in [0.717, 1.165) is 0 Å². The Bertz CT molecular complexity index is 629. The van der Waals surface area contributed by atoms with Crippen LogP contribution in [0.5, 0.6) is 11.5 Å². The van der Waals surface area contributed by atoms with Crippen molar-refractivity contribution in [1.82, 2.24) is 0 Å². The van der Waals surface area contributed by atoms with Crippen LogP contribution < -0.4 is 4.74 Å². The van der Waals surface area contributed by atoms with E-state index in [1.165, 1.54) is 6.07 Å². The zero-order valence-electron chi connectivity index (χ0n) is 9.37. The quantitative estimate of drug-likeness (QED) is 0.468. The van der Waals surface area contributed by atoms with Crippen molar-refractivity contribution >= 4 is 5.69 Å². The third kappa shape index (κ3) is 2.47. The molecule has 2 rings (SSSR count). The van der Waals surface area contributed by atoms with Crippen molar-refractivity contribution in [3.63, 3.8) is 0 Å². The van der Waals surface area contributed by atoms with Crippen molar-refractivity contribution < 1.29 is 9.66 Å². The summed E-state index contributed by atoms with van der Waals surface area (Å²) in [5.41, 5.74) is 0.578. The standard InChI is InChI=1S/C14H9NO3/c1-2-11-6-5-7-12(10-11)18-14-9-4-3-8-13(14)15(16)17/h1,3-10H. The van der Waals surface area contributed by atoms with E-state index in [9.17, 15) is 10.1 Å². The molecule has 18 heavy (non-hydrogen) atoms. The van der Waals surface area contributed by atoms with Crippen LogP contribution in [0.15, 0.2) is 48.5 Å². The first kappa shape index (κ1) is 11.7. The average Bonchev–Trinajstić information content (AvgIpc) is 2.39. The largest absolute Gasteiger partial charge is 0.450 e. The summed E-state index contributed by atoms with van der Waals surface area (Å²) in [5.74, 6) is 3.14. The number of nitrogens with zero attached hydrogens (tertiary/aromatic N) is 1. The van der Waals surface area contributed by atoms with E-state index in [2.05, 4.69) is 5.92 Å². The molecule has 2 aromatic carbocycles. The Hall–Kier alpha value is -2.80. The highest BCUT2D eigenvalue weighted by molar-refractivity contribution is 5.49. The van der Waals surface area contributed by atoms with Crippen LogP contribution in [-0.2, 0) is 0 Å². The molecule has 0 saturated heterocycles. The zero-order valence-corrected chi connectivity index (χ0v) is 9.37. The van der Waals surface area contributed by atoms with Crippen molar-refractivity contribution in [2.24, 2.45) is 0 Å². The first-order valence-electron chi connectivity index (χ1n) is 5.18. The highest BCUT2D eigenvalue weighted by Crippen LogP contribution is 2.30. The van der Waals surface area contributed by atoms with E-state index in [1.807, 2.05) is 0 Å². The third-order valence-electron chi connectivity index (χ3n) is 2.29. The minimum atomic E-state index is -0.486. The van der Waals surface area contributed by atoms with Gasteiger partial charge in [0.1, 0.15) is 5.75 Å². The second kappa shape index (κ2) is 5.02. The molecule has 0 amide bonds. The van der Waals surface area contributed by atoms with Gasteiger partial charge in [0.05, 0.1) is 4.92 Å². The van der Waals surface area contributed by atoms with E-state index in [4.69, 9.17) is 11.2 Å². The summed E-state index contributed by atoms with van der Waals surface area (Å²) >= 11 is 0. The van der Waals surface area contributed by atoms with Crippen LogP contribution in [0.2, 0.25) is 0 Å². The molecule has 88 valence electrons. The van der Waals surface area contributed by atoms with Gasteiger partial charge >= 0.3 is 5.69 Å². The van der Waals surface area contributed by atoms with Gasteiger partial charge in [-0.15, -0.1) is 6.42 Å². The Morgan fingerprint density at radius 2 is 1.94 bits per heavy atom. The molecule has 4 nitrogen and oxygen atoms in total. The average molecular weight is 239 g/mol. The molecule has 0 aliphatic carbocycles. The molecule has 0 unspecified atom stereocenters. The second-order valence-electron chi connectivity index (χ2n) is 3.50.